The normalized spacial score (nSPS) is 13.8. The Morgan fingerprint density at radius 1 is 1.21 bits per heavy atom. The minimum absolute atomic E-state index is 0.343. The lowest BCUT2D eigenvalue weighted by Crippen LogP contribution is -2.30. The predicted octanol–water partition coefficient (Wildman–Crippen LogP) is 4.22. The van der Waals surface area contributed by atoms with Crippen LogP contribution in [0, 0.1) is 13.8 Å². The molecule has 0 bridgehead atoms. The van der Waals surface area contributed by atoms with E-state index < -0.39 is 12.1 Å². The molecule has 1 atom stereocenters. The Hall–Kier alpha value is -2.93. The van der Waals surface area contributed by atoms with Crippen molar-refractivity contribution in [3.05, 3.63) is 63.9 Å². The number of anilines is 1. The Kier molecular flexibility index (Phi) is 5.24. The number of thiazole rings is 1. The van der Waals surface area contributed by atoms with Crippen LogP contribution >= 0.6 is 11.3 Å². The second kappa shape index (κ2) is 7.83. The number of ether oxygens (including phenoxy) is 1. The third-order valence-electron chi connectivity index (χ3n) is 5.28. The van der Waals surface area contributed by atoms with Crippen LogP contribution in [0.3, 0.4) is 0 Å². The molecule has 6 nitrogen and oxygen atoms in total. The van der Waals surface area contributed by atoms with Crippen molar-refractivity contribution in [3.8, 4) is 5.13 Å². The van der Waals surface area contributed by atoms with E-state index in [1.165, 1.54) is 22.5 Å². The number of esters is 1. The van der Waals surface area contributed by atoms with Gasteiger partial charge in [-0.2, -0.15) is 0 Å². The predicted molar refractivity (Wildman–Crippen MR) is 113 cm³/mol. The Labute approximate surface area is 173 Å². The van der Waals surface area contributed by atoms with Gasteiger partial charge in [-0.15, -0.1) is 11.3 Å². The van der Waals surface area contributed by atoms with Gasteiger partial charge in [0.2, 0.25) is 0 Å². The van der Waals surface area contributed by atoms with E-state index in [0.29, 0.717) is 5.56 Å². The molecule has 0 saturated carbocycles. The van der Waals surface area contributed by atoms with Crippen LogP contribution in [0.1, 0.15) is 46.2 Å². The molecule has 7 heteroatoms. The molecule has 0 radical (unpaired) electrons. The number of hydrogen-bond acceptors (Lipinski definition) is 5. The number of rotatable bonds is 5. The third kappa shape index (κ3) is 3.82. The molecule has 1 aliphatic rings. The number of benzene rings is 1. The van der Waals surface area contributed by atoms with Crippen LogP contribution < -0.4 is 5.32 Å². The third-order valence-corrected chi connectivity index (χ3v) is 6.04. The summed E-state index contributed by atoms with van der Waals surface area (Å²) < 4.78 is 7.36. The summed E-state index contributed by atoms with van der Waals surface area (Å²) in [6.45, 7) is 5.34. The molecular formula is C22H23N3O3S. The maximum atomic E-state index is 12.7. The topological polar surface area (TPSA) is 73.2 Å². The van der Waals surface area contributed by atoms with Crippen molar-refractivity contribution < 1.29 is 14.3 Å². The van der Waals surface area contributed by atoms with Gasteiger partial charge in [-0.05, 0) is 69.4 Å². The van der Waals surface area contributed by atoms with E-state index in [0.717, 1.165) is 41.5 Å². The zero-order valence-electron chi connectivity index (χ0n) is 16.7. The van der Waals surface area contributed by atoms with Gasteiger partial charge in [0, 0.05) is 28.7 Å². The van der Waals surface area contributed by atoms with Gasteiger partial charge in [0.1, 0.15) is 0 Å². The van der Waals surface area contributed by atoms with Gasteiger partial charge in [0.15, 0.2) is 11.2 Å². The van der Waals surface area contributed by atoms with Crippen molar-refractivity contribution in [1.29, 1.82) is 0 Å². The minimum Gasteiger partial charge on any atom is -0.449 e. The Bertz CT molecular complexity index is 1070. The van der Waals surface area contributed by atoms with E-state index in [1.54, 1.807) is 19.2 Å². The lowest BCUT2D eigenvalue weighted by molar-refractivity contribution is -0.123. The van der Waals surface area contributed by atoms with Gasteiger partial charge >= 0.3 is 5.97 Å². The van der Waals surface area contributed by atoms with Crippen molar-refractivity contribution in [2.45, 2.75) is 46.1 Å². The first-order valence-electron chi connectivity index (χ1n) is 9.66. The molecule has 3 aromatic rings. The monoisotopic (exact) mass is 409 g/mol. The van der Waals surface area contributed by atoms with Gasteiger partial charge in [0.25, 0.3) is 5.91 Å². The summed E-state index contributed by atoms with van der Waals surface area (Å²) in [6.07, 6.45) is 4.11. The molecule has 2 heterocycles. The zero-order valence-corrected chi connectivity index (χ0v) is 17.5. The van der Waals surface area contributed by atoms with E-state index in [1.807, 2.05) is 35.9 Å². The van der Waals surface area contributed by atoms with Crippen LogP contribution in [-0.2, 0) is 22.4 Å². The second-order valence-electron chi connectivity index (χ2n) is 7.31. The molecule has 1 amide bonds. The molecule has 0 fully saturated rings. The van der Waals surface area contributed by atoms with Crippen molar-refractivity contribution in [1.82, 2.24) is 9.55 Å². The van der Waals surface area contributed by atoms with E-state index in [2.05, 4.69) is 16.4 Å². The lowest BCUT2D eigenvalue weighted by atomic mass is 10.1. The van der Waals surface area contributed by atoms with E-state index in [9.17, 15) is 9.59 Å². The Balaban J connectivity index is 1.44. The highest BCUT2D eigenvalue weighted by Crippen LogP contribution is 2.26. The maximum Gasteiger partial charge on any atom is 0.340 e. The van der Waals surface area contributed by atoms with Crippen LogP contribution in [0.4, 0.5) is 5.69 Å². The number of amides is 1. The number of carbonyl (C=O) groups excluding carboxylic acids is 2. The summed E-state index contributed by atoms with van der Waals surface area (Å²) in [5.74, 6) is -0.859. The molecule has 1 aliphatic carbocycles. The summed E-state index contributed by atoms with van der Waals surface area (Å²) in [4.78, 5) is 29.5. The van der Waals surface area contributed by atoms with Crippen molar-refractivity contribution in [2.75, 3.05) is 5.32 Å². The summed E-state index contributed by atoms with van der Waals surface area (Å²) in [5.41, 5.74) is 5.43. The number of aromatic nitrogens is 2. The van der Waals surface area contributed by atoms with Crippen molar-refractivity contribution >= 4 is 28.9 Å². The minimum atomic E-state index is -0.904. The average Bonchev–Trinajstić information content (AvgIpc) is 3.41. The number of nitrogens with zero attached hydrogens (tertiary/aromatic N) is 2. The largest absolute Gasteiger partial charge is 0.449 e. The Morgan fingerprint density at radius 3 is 2.76 bits per heavy atom. The first-order valence-corrected chi connectivity index (χ1v) is 10.5. The molecule has 0 unspecified atom stereocenters. The summed E-state index contributed by atoms with van der Waals surface area (Å²) >= 11 is 1.49. The van der Waals surface area contributed by atoms with Gasteiger partial charge in [-0.3, -0.25) is 9.36 Å². The number of aryl methyl sites for hydroxylation is 3. The quantitative estimate of drug-likeness (QED) is 0.640. The molecule has 2 aromatic heterocycles. The number of carbonyl (C=O) groups is 2. The van der Waals surface area contributed by atoms with Crippen LogP contribution in [0.15, 0.2) is 35.8 Å². The van der Waals surface area contributed by atoms with Gasteiger partial charge in [0.05, 0.1) is 5.56 Å². The van der Waals surface area contributed by atoms with E-state index >= 15 is 0 Å². The van der Waals surface area contributed by atoms with Crippen LogP contribution in [0.2, 0.25) is 0 Å². The fourth-order valence-corrected chi connectivity index (χ4v) is 4.51. The van der Waals surface area contributed by atoms with Gasteiger partial charge < -0.3 is 10.1 Å². The fourth-order valence-electron chi connectivity index (χ4n) is 3.76. The second-order valence-corrected chi connectivity index (χ2v) is 8.18. The summed E-state index contributed by atoms with van der Waals surface area (Å²) in [5, 5.41) is 5.53. The molecule has 1 N–H and O–H groups in total. The number of hydrogen-bond donors (Lipinski definition) is 1. The number of nitrogens with one attached hydrogen (secondary N) is 1. The summed E-state index contributed by atoms with van der Waals surface area (Å²) in [6, 6.07) is 7.74. The maximum absolute atomic E-state index is 12.7. The first kappa shape index (κ1) is 19.4. The fraction of sp³-hybridized carbons (Fsp3) is 0.318. The average molecular weight is 410 g/mol. The molecule has 1 aromatic carbocycles. The standard InChI is InChI=1S/C22H23N3O3S/c1-13-11-19(14(2)25(13)22-23-9-10-29-22)21(27)28-15(3)20(26)24-18-8-7-16-5-4-6-17(16)12-18/h7-12,15H,4-6H2,1-3H3,(H,24,26)/t15-/m1/s1. The van der Waals surface area contributed by atoms with Crippen molar-refractivity contribution in [3.63, 3.8) is 0 Å². The van der Waals surface area contributed by atoms with Crippen LogP contribution in [-0.4, -0.2) is 27.5 Å². The summed E-state index contributed by atoms with van der Waals surface area (Å²) in [7, 11) is 0. The molecule has 29 heavy (non-hydrogen) atoms. The molecule has 150 valence electrons. The molecular weight excluding hydrogens is 386 g/mol. The first-order chi connectivity index (χ1) is 13.9. The van der Waals surface area contributed by atoms with E-state index in [-0.39, 0.29) is 5.91 Å². The lowest BCUT2D eigenvalue weighted by Gasteiger charge is -2.14. The van der Waals surface area contributed by atoms with Gasteiger partial charge in [-0.25, -0.2) is 9.78 Å². The molecule has 0 spiro atoms. The van der Waals surface area contributed by atoms with Crippen LogP contribution in [0.5, 0.6) is 0 Å². The zero-order chi connectivity index (χ0) is 20.5. The SMILES string of the molecule is Cc1cc(C(=O)O[C@H](C)C(=O)Nc2ccc3c(c2)CCC3)c(C)n1-c1nccs1. The smallest absolute Gasteiger partial charge is 0.340 e. The highest BCUT2D eigenvalue weighted by atomic mass is 32.1. The van der Waals surface area contributed by atoms with Crippen LogP contribution in [0.25, 0.3) is 5.13 Å². The Morgan fingerprint density at radius 2 is 2.00 bits per heavy atom. The molecule has 0 aliphatic heterocycles. The van der Waals surface area contributed by atoms with Gasteiger partial charge in [-0.1, -0.05) is 6.07 Å². The van der Waals surface area contributed by atoms with Crippen molar-refractivity contribution in [2.24, 2.45) is 0 Å². The highest BCUT2D eigenvalue weighted by Gasteiger charge is 2.24. The molecule has 4 rings (SSSR count). The molecule has 0 saturated heterocycles. The van der Waals surface area contributed by atoms with E-state index in [4.69, 9.17) is 4.74 Å². The number of fused-ring (bicyclic) bond motifs is 1. The highest BCUT2D eigenvalue weighted by molar-refractivity contribution is 7.12.